The molecular formula is C31H23N3O. The van der Waals surface area contributed by atoms with Crippen LogP contribution in [0.25, 0.3) is 33.1 Å². The van der Waals surface area contributed by atoms with E-state index in [4.69, 9.17) is 0 Å². The Balaban J connectivity index is 1.46. The Hall–Kier alpha value is -4.57. The van der Waals surface area contributed by atoms with Gasteiger partial charge < -0.3 is 14.9 Å². The van der Waals surface area contributed by atoms with Crippen LogP contribution in [-0.2, 0) is 6.54 Å². The first-order valence-electron chi connectivity index (χ1n) is 11.9. The first-order chi connectivity index (χ1) is 17.3. The third-order valence-corrected chi connectivity index (χ3v) is 7.16. The van der Waals surface area contributed by atoms with Crippen LogP contribution in [0.2, 0.25) is 0 Å². The van der Waals surface area contributed by atoms with E-state index in [1.165, 1.54) is 0 Å². The molecule has 0 fully saturated rings. The van der Waals surface area contributed by atoms with Gasteiger partial charge in [-0.05, 0) is 34.9 Å². The summed E-state index contributed by atoms with van der Waals surface area (Å²) < 4.78 is 0. The van der Waals surface area contributed by atoms with Crippen LogP contribution in [0.1, 0.15) is 33.1 Å². The van der Waals surface area contributed by atoms with Crippen molar-refractivity contribution in [1.82, 2.24) is 14.9 Å². The lowest BCUT2D eigenvalue weighted by Gasteiger charge is -2.26. The van der Waals surface area contributed by atoms with Gasteiger partial charge in [-0.15, -0.1) is 0 Å². The Morgan fingerprint density at radius 3 is 2.26 bits per heavy atom. The summed E-state index contributed by atoms with van der Waals surface area (Å²) in [7, 11) is 0. The minimum atomic E-state index is -0.196. The smallest absolute Gasteiger partial charge is 0.255 e. The molecule has 0 saturated carbocycles. The lowest BCUT2D eigenvalue weighted by Crippen LogP contribution is -2.28. The van der Waals surface area contributed by atoms with Crippen molar-refractivity contribution in [3.8, 4) is 11.3 Å². The number of H-pyrrole nitrogens is 2. The number of benzene rings is 4. The average Bonchev–Trinajstić information content (AvgIpc) is 3.58. The monoisotopic (exact) mass is 453 g/mol. The highest BCUT2D eigenvalue weighted by Crippen LogP contribution is 2.46. The maximum absolute atomic E-state index is 13.9. The number of aromatic amines is 2. The lowest BCUT2D eigenvalue weighted by atomic mass is 9.93. The van der Waals surface area contributed by atoms with Gasteiger partial charge in [0.15, 0.2) is 0 Å². The molecule has 3 heterocycles. The Labute approximate surface area is 202 Å². The number of carbonyl (C=O) groups is 1. The van der Waals surface area contributed by atoms with E-state index in [-0.39, 0.29) is 11.9 Å². The lowest BCUT2D eigenvalue weighted by molar-refractivity contribution is 0.0738. The molecule has 168 valence electrons. The number of amides is 1. The molecule has 0 radical (unpaired) electrons. The predicted molar refractivity (Wildman–Crippen MR) is 140 cm³/mol. The van der Waals surface area contributed by atoms with E-state index in [2.05, 4.69) is 76.7 Å². The number of fused-ring (bicyclic) bond motifs is 3. The van der Waals surface area contributed by atoms with Crippen LogP contribution < -0.4 is 0 Å². The molecule has 0 saturated heterocycles. The van der Waals surface area contributed by atoms with Crippen LogP contribution in [0.5, 0.6) is 0 Å². The van der Waals surface area contributed by atoms with Crippen LogP contribution in [-0.4, -0.2) is 20.8 Å². The number of carbonyl (C=O) groups excluding carboxylic acids is 1. The predicted octanol–water partition coefficient (Wildman–Crippen LogP) is 7.06. The number of nitrogens with one attached hydrogen (secondary N) is 2. The highest BCUT2D eigenvalue weighted by molar-refractivity contribution is 6.02. The van der Waals surface area contributed by atoms with Crippen LogP contribution in [0, 0.1) is 0 Å². The summed E-state index contributed by atoms with van der Waals surface area (Å²) in [6, 6.07) is 34.9. The highest BCUT2D eigenvalue weighted by Gasteiger charge is 2.40. The van der Waals surface area contributed by atoms with Gasteiger partial charge in [-0.1, -0.05) is 84.9 Å². The summed E-state index contributed by atoms with van der Waals surface area (Å²) in [6.07, 6.45) is 2.03. The zero-order chi connectivity index (χ0) is 23.4. The summed E-state index contributed by atoms with van der Waals surface area (Å²) >= 11 is 0. The SMILES string of the molecule is O=C1c2ccccc2[C@H](c2c(-c3ccccc3)[nH]c3ccccc23)N1Cc1c[nH]c2ccccc12. The van der Waals surface area contributed by atoms with E-state index in [1.807, 2.05) is 47.5 Å². The first-order valence-corrected chi connectivity index (χ1v) is 11.9. The molecule has 1 aliphatic rings. The molecule has 4 heteroatoms. The molecule has 0 aliphatic carbocycles. The van der Waals surface area contributed by atoms with Gasteiger partial charge >= 0.3 is 0 Å². The zero-order valence-electron chi connectivity index (χ0n) is 19.0. The van der Waals surface area contributed by atoms with Gasteiger partial charge in [-0.2, -0.15) is 0 Å². The molecule has 1 atom stereocenters. The zero-order valence-corrected chi connectivity index (χ0v) is 19.0. The number of nitrogens with zero attached hydrogens (tertiary/aromatic N) is 1. The van der Waals surface area contributed by atoms with Crippen LogP contribution in [0.15, 0.2) is 109 Å². The Kier molecular flexibility index (Phi) is 4.39. The van der Waals surface area contributed by atoms with Gasteiger partial charge in [0, 0.05) is 45.7 Å². The summed E-state index contributed by atoms with van der Waals surface area (Å²) in [4.78, 5) is 22.9. The van der Waals surface area contributed by atoms with Gasteiger partial charge in [-0.25, -0.2) is 0 Å². The van der Waals surface area contributed by atoms with Crippen LogP contribution >= 0.6 is 0 Å². The molecule has 0 bridgehead atoms. The summed E-state index contributed by atoms with van der Waals surface area (Å²) in [5.74, 6) is 0.0696. The Bertz CT molecular complexity index is 1710. The van der Waals surface area contributed by atoms with Crippen LogP contribution in [0.3, 0.4) is 0 Å². The topological polar surface area (TPSA) is 51.9 Å². The van der Waals surface area contributed by atoms with Crippen molar-refractivity contribution in [2.45, 2.75) is 12.6 Å². The van der Waals surface area contributed by atoms with Crippen molar-refractivity contribution < 1.29 is 4.79 Å². The minimum Gasteiger partial charge on any atom is -0.361 e. The van der Waals surface area contributed by atoms with E-state index in [9.17, 15) is 4.79 Å². The molecule has 7 rings (SSSR count). The third kappa shape index (κ3) is 3.03. The second-order valence-electron chi connectivity index (χ2n) is 9.11. The number of hydrogen-bond donors (Lipinski definition) is 2. The van der Waals surface area contributed by atoms with Gasteiger partial charge in [0.2, 0.25) is 0 Å². The summed E-state index contributed by atoms with van der Waals surface area (Å²) in [6.45, 7) is 0.524. The molecular weight excluding hydrogens is 430 g/mol. The van der Waals surface area contributed by atoms with Crippen molar-refractivity contribution in [3.63, 3.8) is 0 Å². The fourth-order valence-electron chi connectivity index (χ4n) is 5.57. The summed E-state index contributed by atoms with van der Waals surface area (Å²) in [5.41, 5.74) is 8.43. The van der Waals surface area contributed by atoms with Crippen molar-refractivity contribution >= 4 is 27.7 Å². The molecule has 4 aromatic carbocycles. The van der Waals surface area contributed by atoms with Gasteiger partial charge in [0.05, 0.1) is 11.7 Å². The molecule has 4 nitrogen and oxygen atoms in total. The fraction of sp³-hybridized carbons (Fsp3) is 0.0645. The molecule has 1 amide bonds. The van der Waals surface area contributed by atoms with E-state index >= 15 is 0 Å². The van der Waals surface area contributed by atoms with Gasteiger partial charge in [0.25, 0.3) is 5.91 Å². The minimum absolute atomic E-state index is 0.0696. The third-order valence-electron chi connectivity index (χ3n) is 7.16. The van der Waals surface area contributed by atoms with Crippen LogP contribution in [0.4, 0.5) is 0 Å². The van der Waals surface area contributed by atoms with Crippen molar-refractivity contribution in [1.29, 1.82) is 0 Å². The maximum atomic E-state index is 13.9. The van der Waals surface area contributed by atoms with Gasteiger partial charge in [-0.3, -0.25) is 4.79 Å². The first kappa shape index (κ1) is 19.9. The fourth-order valence-corrected chi connectivity index (χ4v) is 5.57. The summed E-state index contributed by atoms with van der Waals surface area (Å²) in [5, 5.41) is 2.29. The molecule has 1 aliphatic heterocycles. The molecule has 0 spiro atoms. The van der Waals surface area contributed by atoms with E-state index in [1.54, 1.807) is 0 Å². The van der Waals surface area contributed by atoms with Crippen molar-refractivity contribution in [2.75, 3.05) is 0 Å². The van der Waals surface area contributed by atoms with Crippen molar-refractivity contribution in [3.05, 3.63) is 132 Å². The molecule has 6 aromatic rings. The normalized spacial score (nSPS) is 15.3. The molecule has 2 aromatic heterocycles. The van der Waals surface area contributed by atoms with E-state index in [0.717, 1.165) is 55.3 Å². The second-order valence-corrected chi connectivity index (χ2v) is 9.11. The second kappa shape index (κ2) is 7.74. The maximum Gasteiger partial charge on any atom is 0.255 e. The number of aromatic nitrogens is 2. The largest absolute Gasteiger partial charge is 0.361 e. The number of hydrogen-bond acceptors (Lipinski definition) is 1. The molecule has 0 unspecified atom stereocenters. The Morgan fingerprint density at radius 2 is 1.40 bits per heavy atom. The molecule has 35 heavy (non-hydrogen) atoms. The highest BCUT2D eigenvalue weighted by atomic mass is 16.2. The number of para-hydroxylation sites is 2. The average molecular weight is 454 g/mol. The van der Waals surface area contributed by atoms with E-state index in [0.29, 0.717) is 6.54 Å². The number of rotatable bonds is 4. The van der Waals surface area contributed by atoms with E-state index < -0.39 is 0 Å². The Morgan fingerprint density at radius 1 is 0.714 bits per heavy atom. The molecule has 2 N–H and O–H groups in total. The standard InChI is InChI=1S/C31H23N3O/c35-31-24-14-5-4-13-23(24)30(34(31)19-21-18-32-26-16-8-6-12-22(21)26)28-25-15-7-9-17-27(25)33-29(28)20-10-2-1-3-11-20/h1-18,30,32-33H,19H2/t30-/m1/s1. The van der Waals surface area contributed by atoms with Gasteiger partial charge in [0.1, 0.15) is 0 Å². The quantitative estimate of drug-likeness (QED) is 0.295. The van der Waals surface area contributed by atoms with Crippen molar-refractivity contribution in [2.24, 2.45) is 0 Å².